The molecule has 118 valence electrons. The van der Waals surface area contributed by atoms with Crippen LogP contribution in [0, 0.1) is 5.21 Å². The fourth-order valence-corrected chi connectivity index (χ4v) is 2.21. The molecule has 0 atom stereocenters. The molecule has 0 radical (unpaired) electrons. The molecular formula is C11H6F6N4O. The van der Waals surface area contributed by atoms with Gasteiger partial charge in [0.2, 0.25) is 12.4 Å². The van der Waals surface area contributed by atoms with Gasteiger partial charge in [0.25, 0.3) is 5.82 Å². The maximum absolute atomic E-state index is 12.7. The SMILES string of the molecule is [O-][N+]1=C2CC=C(C(F)(F)F)C=C2c2nc(C(F)(F)F)nn2C1. The van der Waals surface area contributed by atoms with Crippen molar-refractivity contribution < 1.29 is 31.1 Å². The molecule has 2 heterocycles. The standard InChI is InChI=1S/C11H6F6N4O/c12-10(13,14)5-1-2-7-6(3-5)8-18-9(11(15,16)17)19-20(8)4-21(7)22/h1,3H,2,4H2. The Balaban J connectivity index is 2.14. The number of fused-ring (bicyclic) bond motifs is 3. The normalized spacial score (nSPS) is 18.6. The van der Waals surface area contributed by atoms with Crippen molar-refractivity contribution in [1.29, 1.82) is 0 Å². The largest absolute Gasteiger partial charge is 0.622 e. The average molecular weight is 324 g/mol. The molecule has 0 bridgehead atoms. The number of rotatable bonds is 0. The summed E-state index contributed by atoms with van der Waals surface area (Å²) in [5.41, 5.74) is -1.40. The molecule has 3 rings (SSSR count). The van der Waals surface area contributed by atoms with Crippen molar-refractivity contribution in [2.45, 2.75) is 25.4 Å². The number of allylic oxidation sites excluding steroid dienone is 4. The highest BCUT2D eigenvalue weighted by atomic mass is 19.4. The molecule has 0 aromatic carbocycles. The van der Waals surface area contributed by atoms with E-state index in [-0.39, 0.29) is 17.7 Å². The Kier molecular flexibility index (Phi) is 2.88. The van der Waals surface area contributed by atoms with Gasteiger partial charge in [0.05, 0.1) is 17.6 Å². The minimum Gasteiger partial charge on any atom is -0.622 e. The van der Waals surface area contributed by atoms with Gasteiger partial charge in [-0.05, 0) is 6.08 Å². The van der Waals surface area contributed by atoms with Crippen LogP contribution in [0.3, 0.4) is 0 Å². The van der Waals surface area contributed by atoms with Gasteiger partial charge < -0.3 is 5.21 Å². The molecule has 0 N–H and O–H groups in total. The Morgan fingerprint density at radius 1 is 1.14 bits per heavy atom. The summed E-state index contributed by atoms with van der Waals surface area (Å²) >= 11 is 0. The molecule has 2 aliphatic rings. The van der Waals surface area contributed by atoms with Crippen LogP contribution >= 0.6 is 0 Å². The number of halogens is 6. The number of hydrogen-bond acceptors (Lipinski definition) is 3. The summed E-state index contributed by atoms with van der Waals surface area (Å²) in [4.78, 5) is 3.23. The van der Waals surface area contributed by atoms with E-state index in [9.17, 15) is 31.5 Å². The van der Waals surface area contributed by atoms with Crippen LogP contribution in [-0.4, -0.2) is 31.4 Å². The summed E-state index contributed by atoms with van der Waals surface area (Å²) in [6.07, 6.45) is -8.43. The molecule has 11 heteroatoms. The topological polar surface area (TPSA) is 56.8 Å². The van der Waals surface area contributed by atoms with E-state index in [2.05, 4.69) is 10.1 Å². The number of nitrogens with zero attached hydrogens (tertiary/aromatic N) is 4. The highest BCUT2D eigenvalue weighted by Gasteiger charge is 2.42. The lowest BCUT2D eigenvalue weighted by atomic mass is 9.95. The van der Waals surface area contributed by atoms with Gasteiger partial charge in [0.15, 0.2) is 5.82 Å². The van der Waals surface area contributed by atoms with Crippen molar-refractivity contribution in [3.05, 3.63) is 34.6 Å². The molecule has 0 unspecified atom stereocenters. The lowest BCUT2D eigenvalue weighted by Gasteiger charge is -2.22. The second-order valence-electron chi connectivity index (χ2n) is 4.64. The molecule has 22 heavy (non-hydrogen) atoms. The molecule has 1 aromatic rings. The van der Waals surface area contributed by atoms with Crippen LogP contribution in [-0.2, 0) is 12.8 Å². The molecular weight excluding hydrogens is 318 g/mol. The van der Waals surface area contributed by atoms with Gasteiger partial charge in [-0.15, -0.1) is 5.10 Å². The minimum atomic E-state index is -4.85. The first-order chi connectivity index (χ1) is 10.1. The maximum Gasteiger partial charge on any atom is 0.453 e. The van der Waals surface area contributed by atoms with Gasteiger partial charge in [-0.25, -0.2) is 4.98 Å². The molecule has 0 fully saturated rings. The van der Waals surface area contributed by atoms with Crippen molar-refractivity contribution in [3.8, 4) is 0 Å². The first kappa shape index (κ1) is 14.6. The Labute approximate surface area is 118 Å². The third-order valence-electron chi connectivity index (χ3n) is 3.18. The molecule has 1 aromatic heterocycles. The minimum absolute atomic E-state index is 0.0679. The number of alkyl halides is 6. The van der Waals surface area contributed by atoms with E-state index in [0.717, 1.165) is 6.08 Å². The van der Waals surface area contributed by atoms with Gasteiger partial charge >= 0.3 is 12.4 Å². The second-order valence-corrected chi connectivity index (χ2v) is 4.64. The number of hydrogen-bond donors (Lipinski definition) is 0. The second kappa shape index (κ2) is 4.34. The summed E-state index contributed by atoms with van der Waals surface area (Å²) in [7, 11) is 0. The average Bonchev–Trinajstić information content (AvgIpc) is 2.81. The zero-order valence-corrected chi connectivity index (χ0v) is 10.5. The van der Waals surface area contributed by atoms with Crippen molar-refractivity contribution in [2.75, 3.05) is 0 Å². The van der Waals surface area contributed by atoms with Crippen molar-refractivity contribution >= 4 is 11.3 Å². The van der Waals surface area contributed by atoms with E-state index in [1.807, 2.05) is 0 Å². The summed E-state index contributed by atoms with van der Waals surface area (Å²) in [5, 5.41) is 14.9. The fourth-order valence-electron chi connectivity index (χ4n) is 2.21. The zero-order valence-electron chi connectivity index (χ0n) is 10.5. The van der Waals surface area contributed by atoms with Crippen molar-refractivity contribution in [1.82, 2.24) is 14.8 Å². The lowest BCUT2D eigenvalue weighted by molar-refractivity contribution is -0.496. The summed E-state index contributed by atoms with van der Waals surface area (Å²) in [6.45, 7) is -0.555. The third-order valence-corrected chi connectivity index (χ3v) is 3.18. The third kappa shape index (κ3) is 2.25. The number of hydroxylamine groups is 1. The number of aromatic nitrogens is 3. The summed E-state index contributed by atoms with van der Waals surface area (Å²) in [5.74, 6) is -1.90. The van der Waals surface area contributed by atoms with E-state index in [4.69, 9.17) is 0 Å². The molecule has 0 saturated carbocycles. The molecule has 1 aliphatic carbocycles. The van der Waals surface area contributed by atoms with Crippen LogP contribution in [0.4, 0.5) is 26.3 Å². The predicted molar refractivity (Wildman–Crippen MR) is 60.4 cm³/mol. The monoisotopic (exact) mass is 324 g/mol. The first-order valence-electron chi connectivity index (χ1n) is 5.89. The van der Waals surface area contributed by atoms with E-state index >= 15 is 0 Å². The molecule has 0 amide bonds. The van der Waals surface area contributed by atoms with Crippen LogP contribution in [0.25, 0.3) is 5.57 Å². The Morgan fingerprint density at radius 3 is 2.41 bits per heavy atom. The highest BCUT2D eigenvalue weighted by Crippen LogP contribution is 2.36. The van der Waals surface area contributed by atoms with Gasteiger partial charge in [-0.2, -0.15) is 35.8 Å². The Bertz CT molecular complexity index is 737. The van der Waals surface area contributed by atoms with E-state index < -0.39 is 36.2 Å². The van der Waals surface area contributed by atoms with E-state index in [1.54, 1.807) is 0 Å². The van der Waals surface area contributed by atoms with Gasteiger partial charge in [-0.3, -0.25) is 0 Å². The van der Waals surface area contributed by atoms with Crippen molar-refractivity contribution in [2.24, 2.45) is 0 Å². The van der Waals surface area contributed by atoms with Crippen molar-refractivity contribution in [3.63, 3.8) is 0 Å². The fraction of sp³-hybridized carbons (Fsp3) is 0.364. The van der Waals surface area contributed by atoms with Gasteiger partial charge in [0.1, 0.15) is 0 Å². The quantitative estimate of drug-likeness (QED) is 0.418. The molecule has 1 aliphatic heterocycles. The first-order valence-corrected chi connectivity index (χ1v) is 5.89. The Morgan fingerprint density at radius 2 is 1.82 bits per heavy atom. The predicted octanol–water partition coefficient (Wildman–Crippen LogP) is 2.50. The zero-order chi connectivity index (χ0) is 16.3. The molecule has 5 nitrogen and oxygen atoms in total. The summed E-state index contributed by atoms with van der Waals surface area (Å²) in [6, 6.07) is 0. The van der Waals surface area contributed by atoms with Gasteiger partial charge in [0, 0.05) is 0 Å². The molecule has 0 saturated heterocycles. The smallest absolute Gasteiger partial charge is 0.453 e. The van der Waals surface area contributed by atoms with Crippen LogP contribution in [0.2, 0.25) is 0 Å². The molecule has 0 spiro atoms. The van der Waals surface area contributed by atoms with E-state index in [0.29, 0.717) is 15.5 Å². The lowest BCUT2D eigenvalue weighted by Crippen LogP contribution is -2.30. The highest BCUT2D eigenvalue weighted by molar-refractivity contribution is 6.22. The van der Waals surface area contributed by atoms with Gasteiger partial charge in [-0.1, -0.05) is 6.08 Å². The van der Waals surface area contributed by atoms with E-state index in [1.165, 1.54) is 0 Å². The Hall–Kier alpha value is -2.33. The van der Waals surface area contributed by atoms with Crippen LogP contribution in [0.5, 0.6) is 0 Å². The maximum atomic E-state index is 12.7. The van der Waals surface area contributed by atoms with Crippen LogP contribution in [0.1, 0.15) is 18.1 Å². The van der Waals surface area contributed by atoms with Crippen LogP contribution in [0.15, 0.2) is 17.7 Å². The summed E-state index contributed by atoms with van der Waals surface area (Å²) < 4.78 is 77.0. The van der Waals surface area contributed by atoms with Crippen LogP contribution < -0.4 is 0 Å².